The molecule has 0 aliphatic heterocycles. The van der Waals surface area contributed by atoms with Gasteiger partial charge in [0.2, 0.25) is 5.88 Å². The monoisotopic (exact) mass is 657 g/mol. The Morgan fingerprint density at radius 1 is 0.848 bits per heavy atom. The van der Waals surface area contributed by atoms with Crippen molar-refractivity contribution >= 4 is 39.1 Å². The van der Waals surface area contributed by atoms with Gasteiger partial charge < -0.3 is 24.3 Å². The number of anilines is 2. The lowest BCUT2D eigenvalue weighted by molar-refractivity contribution is 0.102. The quantitative estimate of drug-likeness (QED) is 0.122. The van der Waals surface area contributed by atoms with Crippen LogP contribution in [-0.2, 0) is 10.0 Å². The Hall–Kier alpha value is -5.20. The SMILES string of the molecule is CCOc1cc(C(=O)Nc2ccccc2)c(Oc2ccccn2)c(NS(=O)(=O)c2ccc(SC)cc2)c1Oc1cccc(OC)c1. The number of hydrogen-bond donors (Lipinski definition) is 2. The molecule has 10 nitrogen and oxygen atoms in total. The van der Waals surface area contributed by atoms with Gasteiger partial charge in [0.25, 0.3) is 15.9 Å². The average molecular weight is 658 g/mol. The second-order valence-electron chi connectivity index (χ2n) is 9.54. The summed E-state index contributed by atoms with van der Waals surface area (Å²) in [5.74, 6) is 0.241. The molecule has 5 aromatic rings. The molecule has 4 aromatic carbocycles. The van der Waals surface area contributed by atoms with E-state index in [1.807, 2.05) is 12.3 Å². The number of methoxy groups -OCH3 is 1. The Labute approximate surface area is 271 Å². The molecule has 1 heterocycles. The van der Waals surface area contributed by atoms with Crippen LogP contribution in [0, 0.1) is 0 Å². The van der Waals surface area contributed by atoms with Crippen LogP contribution in [0.1, 0.15) is 17.3 Å². The number of para-hydroxylation sites is 1. The Kier molecular flexibility index (Phi) is 10.3. The number of carbonyl (C=O) groups is 1. The van der Waals surface area contributed by atoms with E-state index in [0.29, 0.717) is 17.2 Å². The number of thioether (sulfide) groups is 1. The predicted molar refractivity (Wildman–Crippen MR) is 178 cm³/mol. The third kappa shape index (κ3) is 7.71. The number of carbonyl (C=O) groups excluding carboxylic acids is 1. The number of benzene rings is 4. The Balaban J connectivity index is 1.75. The molecule has 1 amide bonds. The van der Waals surface area contributed by atoms with E-state index >= 15 is 0 Å². The van der Waals surface area contributed by atoms with Gasteiger partial charge in [-0.1, -0.05) is 30.3 Å². The van der Waals surface area contributed by atoms with Crippen LogP contribution < -0.4 is 29.0 Å². The van der Waals surface area contributed by atoms with Crippen LogP contribution in [-0.4, -0.2) is 39.3 Å². The molecule has 0 aliphatic carbocycles. The van der Waals surface area contributed by atoms with Crippen molar-refractivity contribution in [3.63, 3.8) is 0 Å². The molecule has 2 N–H and O–H groups in total. The summed E-state index contributed by atoms with van der Waals surface area (Å²) < 4.78 is 54.4. The molecule has 0 unspecified atom stereocenters. The summed E-state index contributed by atoms with van der Waals surface area (Å²) in [6, 6.07) is 28.4. The molecule has 5 rings (SSSR count). The van der Waals surface area contributed by atoms with Crippen molar-refractivity contribution in [1.29, 1.82) is 0 Å². The van der Waals surface area contributed by atoms with Crippen molar-refractivity contribution in [3.8, 4) is 34.6 Å². The van der Waals surface area contributed by atoms with Crippen molar-refractivity contribution in [2.75, 3.05) is 30.0 Å². The molecular formula is C34H31N3O7S2. The Morgan fingerprint density at radius 2 is 1.59 bits per heavy atom. The van der Waals surface area contributed by atoms with E-state index in [0.717, 1.165) is 4.90 Å². The first-order chi connectivity index (χ1) is 22.3. The topological polar surface area (TPSA) is 125 Å². The Morgan fingerprint density at radius 3 is 2.26 bits per heavy atom. The minimum atomic E-state index is -4.27. The van der Waals surface area contributed by atoms with Crippen LogP contribution in [0.2, 0.25) is 0 Å². The highest BCUT2D eigenvalue weighted by Gasteiger charge is 2.30. The number of aromatic nitrogens is 1. The third-order valence-corrected chi connectivity index (χ3v) is 8.59. The van der Waals surface area contributed by atoms with Crippen LogP contribution in [0.5, 0.6) is 34.6 Å². The number of amides is 1. The summed E-state index contributed by atoms with van der Waals surface area (Å²) in [6.45, 7) is 1.94. The lowest BCUT2D eigenvalue weighted by atomic mass is 10.1. The molecule has 0 fully saturated rings. The summed E-state index contributed by atoms with van der Waals surface area (Å²) in [6.07, 6.45) is 3.41. The number of nitrogens with one attached hydrogen (secondary N) is 2. The molecule has 12 heteroatoms. The minimum Gasteiger partial charge on any atom is -0.497 e. The zero-order chi connectivity index (χ0) is 32.5. The fourth-order valence-electron chi connectivity index (χ4n) is 4.32. The van der Waals surface area contributed by atoms with Gasteiger partial charge in [-0.2, -0.15) is 0 Å². The molecular weight excluding hydrogens is 627 g/mol. The molecule has 0 saturated carbocycles. The summed E-state index contributed by atoms with van der Waals surface area (Å²) in [4.78, 5) is 19.0. The number of sulfonamides is 1. The van der Waals surface area contributed by atoms with E-state index in [2.05, 4.69) is 15.0 Å². The zero-order valence-corrected chi connectivity index (χ0v) is 26.9. The molecule has 1 aromatic heterocycles. The van der Waals surface area contributed by atoms with E-state index in [1.165, 1.54) is 43.3 Å². The van der Waals surface area contributed by atoms with Crippen LogP contribution in [0.3, 0.4) is 0 Å². The fraction of sp³-hybridized carbons (Fsp3) is 0.118. The van der Waals surface area contributed by atoms with Gasteiger partial charge in [-0.05, 0) is 67.8 Å². The summed E-state index contributed by atoms with van der Waals surface area (Å²) in [5.41, 5.74) is 0.305. The predicted octanol–water partition coefficient (Wildman–Crippen LogP) is 7.85. The first kappa shape index (κ1) is 32.2. The lowest BCUT2D eigenvalue weighted by Crippen LogP contribution is -2.18. The van der Waals surface area contributed by atoms with Crippen LogP contribution in [0.25, 0.3) is 0 Å². The molecule has 0 atom stereocenters. The number of ether oxygens (including phenoxy) is 4. The number of nitrogens with zero attached hydrogens (tertiary/aromatic N) is 1. The van der Waals surface area contributed by atoms with Crippen molar-refractivity contribution in [2.24, 2.45) is 0 Å². The molecule has 0 spiro atoms. The largest absolute Gasteiger partial charge is 0.497 e. The van der Waals surface area contributed by atoms with E-state index in [1.54, 1.807) is 85.8 Å². The maximum atomic E-state index is 13.9. The van der Waals surface area contributed by atoms with Crippen molar-refractivity contribution < 1.29 is 32.2 Å². The zero-order valence-electron chi connectivity index (χ0n) is 25.2. The van der Waals surface area contributed by atoms with Crippen molar-refractivity contribution in [1.82, 2.24) is 4.98 Å². The van der Waals surface area contributed by atoms with Gasteiger partial charge in [0.1, 0.15) is 17.2 Å². The van der Waals surface area contributed by atoms with Gasteiger partial charge in [-0.25, -0.2) is 13.4 Å². The van der Waals surface area contributed by atoms with Gasteiger partial charge in [-0.3, -0.25) is 9.52 Å². The number of hydrogen-bond acceptors (Lipinski definition) is 9. The fourth-order valence-corrected chi connectivity index (χ4v) is 5.79. The maximum Gasteiger partial charge on any atom is 0.262 e. The van der Waals surface area contributed by atoms with Gasteiger partial charge in [0.05, 0.1) is 24.2 Å². The highest BCUT2D eigenvalue weighted by molar-refractivity contribution is 7.98. The molecule has 46 heavy (non-hydrogen) atoms. The van der Waals surface area contributed by atoms with Crippen LogP contribution in [0.15, 0.2) is 119 Å². The van der Waals surface area contributed by atoms with Gasteiger partial charge in [-0.15, -0.1) is 11.8 Å². The van der Waals surface area contributed by atoms with Gasteiger partial charge in [0, 0.05) is 35.0 Å². The first-order valence-corrected chi connectivity index (χ1v) is 16.8. The van der Waals surface area contributed by atoms with Crippen molar-refractivity contribution in [2.45, 2.75) is 16.7 Å². The second kappa shape index (κ2) is 14.7. The highest BCUT2D eigenvalue weighted by Crippen LogP contribution is 2.49. The van der Waals surface area contributed by atoms with Gasteiger partial charge >= 0.3 is 0 Å². The minimum absolute atomic E-state index is 0.0153. The third-order valence-electron chi connectivity index (χ3n) is 6.49. The average Bonchev–Trinajstić information content (AvgIpc) is 3.08. The standard InChI is InChI=1S/C34H31N3O7S2/c1-4-42-29-22-28(34(38)36-23-11-6-5-7-12-23)32(44-30-15-8-9-20-35-30)31(33(29)43-25-14-10-13-24(21-25)41-2)37-46(39,40)27-18-16-26(45-3)17-19-27/h5-22,37H,4H2,1-3H3,(H,36,38). The van der Waals surface area contributed by atoms with E-state index < -0.39 is 15.9 Å². The normalized spacial score (nSPS) is 10.9. The van der Waals surface area contributed by atoms with Crippen molar-refractivity contribution in [3.05, 3.63) is 115 Å². The smallest absolute Gasteiger partial charge is 0.262 e. The number of rotatable bonds is 13. The van der Waals surface area contributed by atoms with E-state index in [-0.39, 0.29) is 45.9 Å². The molecule has 0 bridgehead atoms. The Bertz CT molecular complexity index is 1910. The number of pyridine rings is 1. The maximum absolute atomic E-state index is 13.9. The van der Waals surface area contributed by atoms with Crippen LogP contribution in [0.4, 0.5) is 11.4 Å². The van der Waals surface area contributed by atoms with E-state index in [9.17, 15) is 13.2 Å². The lowest BCUT2D eigenvalue weighted by Gasteiger charge is -2.22. The summed E-state index contributed by atoms with van der Waals surface area (Å²) in [7, 11) is -2.75. The van der Waals surface area contributed by atoms with Gasteiger partial charge in [0.15, 0.2) is 17.2 Å². The molecule has 0 aliphatic rings. The highest BCUT2D eigenvalue weighted by atomic mass is 32.2. The molecule has 0 saturated heterocycles. The summed E-state index contributed by atoms with van der Waals surface area (Å²) >= 11 is 1.48. The first-order valence-electron chi connectivity index (χ1n) is 14.1. The van der Waals surface area contributed by atoms with E-state index in [4.69, 9.17) is 18.9 Å². The van der Waals surface area contributed by atoms with Crippen LogP contribution >= 0.6 is 11.8 Å². The molecule has 236 valence electrons. The summed E-state index contributed by atoms with van der Waals surface area (Å²) in [5, 5.41) is 2.84. The molecule has 0 radical (unpaired) electrons. The second-order valence-corrected chi connectivity index (χ2v) is 12.1.